The second-order valence-corrected chi connectivity index (χ2v) is 6.02. The van der Waals surface area contributed by atoms with E-state index in [4.69, 9.17) is 0 Å². The minimum Gasteiger partial charge on any atom is -0.366 e. The molecular weight excluding hydrogens is 307 g/mol. The fraction of sp³-hybridized carbons (Fsp3) is 0.353. The Kier molecular flexibility index (Phi) is 4.08. The third kappa shape index (κ3) is 2.94. The standard InChI is InChI=1S/C17H19FN6/c18-14-10-23-16(13-9-22-15-12(13)5-3-7-20-15)24-17(14)21-8-11-4-1-2-6-19-11/h3,5,7,9-11,19H,1-2,4,6,8H2,(H,20,22)(H,21,23,24). The van der Waals surface area contributed by atoms with E-state index in [2.05, 4.69) is 30.6 Å². The predicted molar refractivity (Wildman–Crippen MR) is 91.2 cm³/mol. The molecule has 4 rings (SSSR count). The van der Waals surface area contributed by atoms with Crippen molar-refractivity contribution < 1.29 is 4.39 Å². The summed E-state index contributed by atoms with van der Waals surface area (Å²) in [7, 11) is 0. The smallest absolute Gasteiger partial charge is 0.183 e. The highest BCUT2D eigenvalue weighted by Crippen LogP contribution is 2.26. The number of hydrogen-bond acceptors (Lipinski definition) is 5. The van der Waals surface area contributed by atoms with E-state index in [9.17, 15) is 4.39 Å². The molecule has 0 aromatic carbocycles. The van der Waals surface area contributed by atoms with Crippen LogP contribution in [-0.2, 0) is 0 Å². The van der Waals surface area contributed by atoms with Crippen LogP contribution in [0.1, 0.15) is 19.3 Å². The van der Waals surface area contributed by atoms with Crippen molar-refractivity contribution in [3.63, 3.8) is 0 Å². The largest absolute Gasteiger partial charge is 0.366 e. The van der Waals surface area contributed by atoms with Crippen molar-refractivity contribution >= 4 is 16.9 Å². The van der Waals surface area contributed by atoms with Crippen molar-refractivity contribution in [1.82, 2.24) is 25.3 Å². The van der Waals surface area contributed by atoms with Crippen LogP contribution in [0.5, 0.6) is 0 Å². The van der Waals surface area contributed by atoms with Crippen LogP contribution in [0, 0.1) is 5.82 Å². The second-order valence-electron chi connectivity index (χ2n) is 6.02. The van der Waals surface area contributed by atoms with Crippen molar-refractivity contribution in [1.29, 1.82) is 0 Å². The lowest BCUT2D eigenvalue weighted by Crippen LogP contribution is -2.39. The monoisotopic (exact) mass is 326 g/mol. The Morgan fingerprint density at radius 2 is 2.25 bits per heavy atom. The first-order valence-corrected chi connectivity index (χ1v) is 8.23. The molecule has 0 bridgehead atoms. The first-order chi connectivity index (χ1) is 11.8. The van der Waals surface area contributed by atoms with Crippen LogP contribution in [0.15, 0.2) is 30.7 Å². The van der Waals surface area contributed by atoms with E-state index in [0.29, 0.717) is 18.4 Å². The molecule has 6 nitrogen and oxygen atoms in total. The number of nitrogens with zero attached hydrogens (tertiary/aromatic N) is 3. The van der Waals surface area contributed by atoms with Crippen molar-refractivity contribution in [2.24, 2.45) is 0 Å². The Hall–Kier alpha value is -2.54. The number of piperidine rings is 1. The molecule has 3 aromatic heterocycles. The zero-order valence-electron chi connectivity index (χ0n) is 13.2. The van der Waals surface area contributed by atoms with E-state index in [1.54, 1.807) is 12.4 Å². The molecule has 0 amide bonds. The average molecular weight is 326 g/mol. The van der Waals surface area contributed by atoms with Gasteiger partial charge in [-0.05, 0) is 31.5 Å². The Morgan fingerprint density at radius 3 is 3.12 bits per heavy atom. The van der Waals surface area contributed by atoms with Gasteiger partial charge in [0.15, 0.2) is 17.5 Å². The molecule has 0 spiro atoms. The van der Waals surface area contributed by atoms with Gasteiger partial charge in [-0.1, -0.05) is 6.42 Å². The summed E-state index contributed by atoms with van der Waals surface area (Å²) >= 11 is 0. The summed E-state index contributed by atoms with van der Waals surface area (Å²) in [6, 6.07) is 4.16. The lowest BCUT2D eigenvalue weighted by Gasteiger charge is -2.23. The van der Waals surface area contributed by atoms with Gasteiger partial charge in [0.1, 0.15) is 5.65 Å². The molecule has 1 unspecified atom stereocenters. The fourth-order valence-corrected chi connectivity index (χ4v) is 3.08. The predicted octanol–water partition coefficient (Wildman–Crippen LogP) is 2.71. The number of rotatable bonds is 4. The molecule has 1 saturated heterocycles. The number of pyridine rings is 1. The molecule has 1 atom stereocenters. The lowest BCUT2D eigenvalue weighted by molar-refractivity contribution is 0.413. The van der Waals surface area contributed by atoms with Gasteiger partial charge in [0.25, 0.3) is 0 Å². The SMILES string of the molecule is Fc1cnc(-c2c[nH]c3ncccc23)nc1NCC1CCCCN1. The van der Waals surface area contributed by atoms with Crippen LogP contribution in [0.4, 0.5) is 10.2 Å². The number of halogens is 1. The molecule has 3 N–H and O–H groups in total. The molecule has 3 aromatic rings. The van der Waals surface area contributed by atoms with Gasteiger partial charge in [-0.3, -0.25) is 0 Å². The van der Waals surface area contributed by atoms with E-state index in [-0.39, 0.29) is 5.82 Å². The number of hydrogen-bond donors (Lipinski definition) is 3. The third-order valence-corrected chi connectivity index (χ3v) is 4.36. The van der Waals surface area contributed by atoms with Gasteiger partial charge in [-0.15, -0.1) is 0 Å². The number of fused-ring (bicyclic) bond motifs is 1. The molecule has 1 fully saturated rings. The van der Waals surface area contributed by atoms with E-state index < -0.39 is 5.82 Å². The zero-order chi connectivity index (χ0) is 16.4. The summed E-state index contributed by atoms with van der Waals surface area (Å²) in [6.07, 6.45) is 8.25. The Bertz CT molecular complexity index is 840. The minimum atomic E-state index is -0.437. The topological polar surface area (TPSA) is 78.5 Å². The molecule has 124 valence electrons. The van der Waals surface area contributed by atoms with Gasteiger partial charge >= 0.3 is 0 Å². The highest BCUT2D eigenvalue weighted by molar-refractivity contribution is 5.91. The van der Waals surface area contributed by atoms with Crippen molar-refractivity contribution in [2.75, 3.05) is 18.4 Å². The zero-order valence-corrected chi connectivity index (χ0v) is 13.2. The van der Waals surface area contributed by atoms with Crippen LogP contribution < -0.4 is 10.6 Å². The summed E-state index contributed by atoms with van der Waals surface area (Å²) in [5.74, 6) is 0.285. The highest BCUT2D eigenvalue weighted by atomic mass is 19.1. The van der Waals surface area contributed by atoms with Gasteiger partial charge in [-0.2, -0.15) is 0 Å². The average Bonchev–Trinajstić information content (AvgIpc) is 3.06. The molecule has 0 aliphatic carbocycles. The quantitative estimate of drug-likeness (QED) is 0.687. The summed E-state index contributed by atoms with van der Waals surface area (Å²) in [5.41, 5.74) is 1.58. The maximum absolute atomic E-state index is 14.1. The van der Waals surface area contributed by atoms with E-state index in [1.165, 1.54) is 19.0 Å². The van der Waals surface area contributed by atoms with E-state index in [0.717, 1.165) is 29.6 Å². The number of aromatic amines is 1. The van der Waals surface area contributed by atoms with Crippen LogP contribution in [-0.4, -0.2) is 39.1 Å². The van der Waals surface area contributed by atoms with E-state index in [1.807, 2.05) is 12.1 Å². The molecule has 4 heterocycles. The number of aromatic nitrogens is 4. The maximum Gasteiger partial charge on any atom is 0.183 e. The van der Waals surface area contributed by atoms with Crippen molar-refractivity contribution in [2.45, 2.75) is 25.3 Å². The number of anilines is 1. The summed E-state index contributed by atoms with van der Waals surface area (Å²) in [5, 5.41) is 7.47. The normalized spacial score (nSPS) is 18.0. The van der Waals surface area contributed by atoms with Crippen LogP contribution in [0.25, 0.3) is 22.4 Å². The first kappa shape index (κ1) is 15.0. The number of nitrogens with one attached hydrogen (secondary N) is 3. The molecule has 0 radical (unpaired) electrons. The van der Waals surface area contributed by atoms with Crippen molar-refractivity contribution in [3.8, 4) is 11.4 Å². The summed E-state index contributed by atoms with van der Waals surface area (Å²) in [4.78, 5) is 15.9. The first-order valence-electron chi connectivity index (χ1n) is 8.23. The van der Waals surface area contributed by atoms with Gasteiger partial charge < -0.3 is 15.6 Å². The van der Waals surface area contributed by atoms with Crippen LogP contribution in [0.3, 0.4) is 0 Å². The Morgan fingerprint density at radius 1 is 1.29 bits per heavy atom. The van der Waals surface area contributed by atoms with E-state index >= 15 is 0 Å². The fourth-order valence-electron chi connectivity index (χ4n) is 3.08. The molecular formula is C17H19FN6. The molecule has 0 saturated carbocycles. The molecule has 7 heteroatoms. The Labute approximate surface area is 138 Å². The summed E-state index contributed by atoms with van der Waals surface area (Å²) < 4.78 is 14.1. The van der Waals surface area contributed by atoms with Crippen LogP contribution in [0.2, 0.25) is 0 Å². The van der Waals surface area contributed by atoms with Gasteiger partial charge in [0, 0.05) is 35.9 Å². The maximum atomic E-state index is 14.1. The highest BCUT2D eigenvalue weighted by Gasteiger charge is 2.15. The molecule has 1 aliphatic rings. The second kappa shape index (κ2) is 6.52. The molecule has 24 heavy (non-hydrogen) atoms. The Balaban J connectivity index is 1.58. The lowest BCUT2D eigenvalue weighted by atomic mass is 10.1. The van der Waals surface area contributed by atoms with Crippen molar-refractivity contribution in [3.05, 3.63) is 36.5 Å². The molecule has 1 aliphatic heterocycles. The minimum absolute atomic E-state index is 0.241. The van der Waals surface area contributed by atoms with Crippen LogP contribution >= 0.6 is 0 Å². The third-order valence-electron chi connectivity index (χ3n) is 4.36. The van der Waals surface area contributed by atoms with Gasteiger partial charge in [-0.25, -0.2) is 19.3 Å². The van der Waals surface area contributed by atoms with Gasteiger partial charge in [0.05, 0.1) is 6.20 Å². The van der Waals surface area contributed by atoms with Gasteiger partial charge in [0.2, 0.25) is 0 Å². The number of H-pyrrole nitrogens is 1. The summed E-state index contributed by atoms with van der Waals surface area (Å²) in [6.45, 7) is 1.68.